The van der Waals surface area contributed by atoms with Gasteiger partial charge in [-0.3, -0.25) is 9.59 Å². The highest BCUT2D eigenvalue weighted by atomic mass is 35.5. The highest BCUT2D eigenvalue weighted by Gasteiger charge is 2.32. The van der Waals surface area contributed by atoms with Gasteiger partial charge in [0.1, 0.15) is 0 Å². The van der Waals surface area contributed by atoms with Gasteiger partial charge in [-0.25, -0.2) is 0 Å². The summed E-state index contributed by atoms with van der Waals surface area (Å²) >= 11 is 6.32. The Morgan fingerprint density at radius 3 is 2.36 bits per heavy atom. The van der Waals surface area contributed by atoms with Crippen LogP contribution in [0.5, 0.6) is 0 Å². The maximum Gasteiger partial charge on any atom is 0.255 e. The Hall–Kier alpha value is -1.30. The molecule has 2 amide bonds. The highest BCUT2D eigenvalue weighted by molar-refractivity contribution is 6.34. The van der Waals surface area contributed by atoms with Crippen molar-refractivity contribution in [3.05, 3.63) is 28.8 Å². The fourth-order valence-corrected chi connectivity index (χ4v) is 4.24. The van der Waals surface area contributed by atoms with Crippen LogP contribution in [0.4, 0.5) is 5.69 Å². The predicted molar refractivity (Wildman–Crippen MR) is 116 cm³/mol. The molecule has 2 heterocycles. The maximum atomic E-state index is 13.1. The molecule has 5 nitrogen and oxygen atoms in total. The summed E-state index contributed by atoms with van der Waals surface area (Å²) in [5, 5.41) is 6.78. The van der Waals surface area contributed by atoms with E-state index >= 15 is 0 Å². The number of benzene rings is 1. The molecule has 0 spiro atoms. The first kappa shape index (κ1) is 23.0. The molecular weight excluding hydrogens is 397 g/mol. The number of nitrogens with zero attached hydrogens (tertiary/aromatic N) is 1. The van der Waals surface area contributed by atoms with Gasteiger partial charge in [0.25, 0.3) is 5.91 Å². The van der Waals surface area contributed by atoms with Crippen molar-refractivity contribution in [2.24, 2.45) is 17.3 Å². The topological polar surface area (TPSA) is 61.4 Å². The SMILES string of the molecule is CC(C)(C)CC(=O)Nc1ccc(Cl)c(C(=O)N2CC[C@@H]3CNC[C@@H]3CC2)c1.Cl. The van der Waals surface area contributed by atoms with E-state index in [2.05, 4.69) is 10.6 Å². The van der Waals surface area contributed by atoms with Crippen LogP contribution in [0.15, 0.2) is 18.2 Å². The number of rotatable bonds is 3. The van der Waals surface area contributed by atoms with Crippen molar-refractivity contribution in [3.8, 4) is 0 Å². The molecule has 0 aliphatic carbocycles. The largest absolute Gasteiger partial charge is 0.339 e. The average Bonchev–Trinajstić information content (AvgIpc) is 2.93. The molecule has 1 aromatic carbocycles. The van der Waals surface area contributed by atoms with E-state index in [1.165, 1.54) is 0 Å². The molecule has 2 atom stereocenters. The Labute approximate surface area is 179 Å². The van der Waals surface area contributed by atoms with Crippen LogP contribution in [-0.4, -0.2) is 42.9 Å². The first-order chi connectivity index (χ1) is 12.7. The molecule has 0 saturated carbocycles. The van der Waals surface area contributed by atoms with Crippen molar-refractivity contribution in [3.63, 3.8) is 0 Å². The van der Waals surface area contributed by atoms with E-state index in [-0.39, 0.29) is 29.6 Å². The lowest BCUT2D eigenvalue weighted by molar-refractivity contribution is -0.117. The van der Waals surface area contributed by atoms with Gasteiger partial charge >= 0.3 is 0 Å². The third-order valence-corrected chi connectivity index (χ3v) is 5.81. The first-order valence-corrected chi connectivity index (χ1v) is 10.2. The summed E-state index contributed by atoms with van der Waals surface area (Å²) in [5.41, 5.74) is 0.997. The number of likely N-dealkylation sites (tertiary alicyclic amines) is 1. The zero-order valence-corrected chi connectivity index (χ0v) is 18.5. The molecule has 0 bridgehead atoms. The van der Waals surface area contributed by atoms with Crippen LogP contribution in [0.2, 0.25) is 5.02 Å². The van der Waals surface area contributed by atoms with Gasteiger partial charge in [0.15, 0.2) is 0 Å². The van der Waals surface area contributed by atoms with Gasteiger partial charge in [-0.1, -0.05) is 32.4 Å². The summed E-state index contributed by atoms with van der Waals surface area (Å²) in [6.07, 6.45) is 2.48. The summed E-state index contributed by atoms with van der Waals surface area (Å²) in [7, 11) is 0. The van der Waals surface area contributed by atoms with E-state index in [0.717, 1.165) is 39.0 Å². The second kappa shape index (κ2) is 9.47. The standard InChI is InChI=1S/C21H30ClN3O2.ClH/c1-21(2,3)11-19(26)24-16-4-5-18(22)17(10-16)20(27)25-8-6-14-12-23-13-15(14)7-9-25;/h4-5,10,14-15,23H,6-9,11-13H2,1-3H3,(H,24,26);1H/t14-,15+;. The van der Waals surface area contributed by atoms with Crippen LogP contribution < -0.4 is 10.6 Å². The number of nitrogens with one attached hydrogen (secondary N) is 2. The summed E-state index contributed by atoms with van der Waals surface area (Å²) in [5.74, 6) is 1.24. The average molecular weight is 428 g/mol. The molecule has 0 unspecified atom stereocenters. The smallest absolute Gasteiger partial charge is 0.255 e. The van der Waals surface area contributed by atoms with Crippen molar-refractivity contribution >= 4 is 41.5 Å². The van der Waals surface area contributed by atoms with Gasteiger partial charge in [0.05, 0.1) is 10.6 Å². The zero-order valence-electron chi connectivity index (χ0n) is 16.9. The second-order valence-corrected chi connectivity index (χ2v) is 9.44. The van der Waals surface area contributed by atoms with Gasteiger partial charge in [-0.2, -0.15) is 0 Å². The zero-order chi connectivity index (χ0) is 19.6. The van der Waals surface area contributed by atoms with Crippen LogP contribution in [0.3, 0.4) is 0 Å². The normalized spacial score (nSPS) is 22.1. The van der Waals surface area contributed by atoms with Gasteiger partial charge in [0, 0.05) is 25.2 Å². The van der Waals surface area contributed by atoms with E-state index in [9.17, 15) is 9.59 Å². The van der Waals surface area contributed by atoms with E-state index in [1.54, 1.807) is 18.2 Å². The van der Waals surface area contributed by atoms with E-state index in [1.807, 2.05) is 25.7 Å². The van der Waals surface area contributed by atoms with Crippen LogP contribution in [0, 0.1) is 17.3 Å². The number of hydrogen-bond acceptors (Lipinski definition) is 3. The number of halogens is 2. The van der Waals surface area contributed by atoms with Crippen LogP contribution in [0.1, 0.15) is 50.4 Å². The van der Waals surface area contributed by atoms with E-state index in [4.69, 9.17) is 11.6 Å². The number of fused-ring (bicyclic) bond motifs is 1. The molecular formula is C21H31Cl2N3O2. The number of hydrogen-bond donors (Lipinski definition) is 2. The summed E-state index contributed by atoms with van der Waals surface area (Å²) in [4.78, 5) is 27.2. The summed E-state index contributed by atoms with van der Waals surface area (Å²) in [6, 6.07) is 5.15. The van der Waals surface area contributed by atoms with Crippen LogP contribution in [-0.2, 0) is 4.79 Å². The van der Waals surface area contributed by atoms with E-state index in [0.29, 0.717) is 34.5 Å². The summed E-state index contributed by atoms with van der Waals surface area (Å²) < 4.78 is 0. The Kier molecular flexibility index (Phi) is 7.77. The summed E-state index contributed by atoms with van der Waals surface area (Å²) in [6.45, 7) is 9.71. The molecule has 156 valence electrons. The van der Waals surface area contributed by atoms with Gasteiger partial charge < -0.3 is 15.5 Å². The van der Waals surface area contributed by atoms with Gasteiger partial charge in [-0.15, -0.1) is 12.4 Å². The lowest BCUT2D eigenvalue weighted by Gasteiger charge is -2.22. The molecule has 1 aromatic rings. The molecule has 7 heteroatoms. The fourth-order valence-electron chi connectivity index (χ4n) is 4.05. The van der Waals surface area contributed by atoms with Crippen molar-refractivity contribution < 1.29 is 9.59 Å². The number of anilines is 1. The lowest BCUT2D eigenvalue weighted by atomic mass is 9.92. The molecule has 2 N–H and O–H groups in total. The lowest BCUT2D eigenvalue weighted by Crippen LogP contribution is -2.33. The van der Waals surface area contributed by atoms with Crippen molar-refractivity contribution in [1.29, 1.82) is 0 Å². The Balaban J connectivity index is 0.00000280. The number of carbonyl (C=O) groups excluding carboxylic acids is 2. The molecule has 0 radical (unpaired) electrons. The minimum Gasteiger partial charge on any atom is -0.339 e. The molecule has 2 aliphatic heterocycles. The maximum absolute atomic E-state index is 13.1. The molecule has 2 fully saturated rings. The third kappa shape index (κ3) is 5.85. The second-order valence-electron chi connectivity index (χ2n) is 9.03. The molecule has 2 saturated heterocycles. The monoisotopic (exact) mass is 427 g/mol. The molecule has 2 aliphatic rings. The minimum atomic E-state index is -0.0892. The van der Waals surface area contributed by atoms with Gasteiger partial charge in [0.2, 0.25) is 5.91 Å². The molecule has 3 rings (SSSR count). The number of amides is 2. The Bertz CT molecular complexity index is 704. The molecule has 0 aromatic heterocycles. The van der Waals surface area contributed by atoms with E-state index < -0.39 is 0 Å². The predicted octanol–water partition coefficient (Wildman–Crippen LogP) is 4.21. The minimum absolute atomic E-state index is 0. The first-order valence-electron chi connectivity index (χ1n) is 9.82. The van der Waals surface area contributed by atoms with Crippen LogP contribution in [0.25, 0.3) is 0 Å². The van der Waals surface area contributed by atoms with Crippen molar-refractivity contribution in [1.82, 2.24) is 10.2 Å². The Morgan fingerprint density at radius 2 is 1.79 bits per heavy atom. The molecule has 28 heavy (non-hydrogen) atoms. The van der Waals surface area contributed by atoms with Gasteiger partial charge in [-0.05, 0) is 61.4 Å². The highest BCUT2D eigenvalue weighted by Crippen LogP contribution is 2.29. The fraction of sp³-hybridized carbons (Fsp3) is 0.619. The van der Waals surface area contributed by atoms with Crippen LogP contribution >= 0.6 is 24.0 Å². The van der Waals surface area contributed by atoms with Crippen molar-refractivity contribution in [2.75, 3.05) is 31.5 Å². The van der Waals surface area contributed by atoms with Crippen molar-refractivity contribution in [2.45, 2.75) is 40.0 Å². The third-order valence-electron chi connectivity index (χ3n) is 5.48. The quantitative estimate of drug-likeness (QED) is 0.759. The number of carbonyl (C=O) groups is 2. The Morgan fingerprint density at radius 1 is 1.18 bits per heavy atom.